The molecule has 1 aromatic heterocycles. The SMILES string of the molecule is O=C(NC1CC1)c1ccc(-c2nc(C(=O)NCc3cccc(C(F)(F)F)c3)cs2)cc1. The second-order valence-electron chi connectivity index (χ2n) is 7.24. The summed E-state index contributed by atoms with van der Waals surface area (Å²) in [7, 11) is 0. The van der Waals surface area contributed by atoms with Gasteiger partial charge in [-0.1, -0.05) is 24.3 Å². The molecule has 1 heterocycles. The first kappa shape index (κ1) is 21.0. The van der Waals surface area contributed by atoms with E-state index in [0.717, 1.165) is 30.5 Å². The van der Waals surface area contributed by atoms with E-state index in [-0.39, 0.29) is 24.2 Å². The predicted molar refractivity (Wildman–Crippen MR) is 111 cm³/mol. The zero-order valence-electron chi connectivity index (χ0n) is 16.2. The number of thiazole rings is 1. The third-order valence-electron chi connectivity index (χ3n) is 4.75. The van der Waals surface area contributed by atoms with Crippen molar-refractivity contribution in [3.63, 3.8) is 0 Å². The van der Waals surface area contributed by atoms with Crippen LogP contribution < -0.4 is 10.6 Å². The number of nitrogens with one attached hydrogen (secondary N) is 2. The summed E-state index contributed by atoms with van der Waals surface area (Å²) in [5.74, 6) is -0.580. The van der Waals surface area contributed by atoms with Crippen LogP contribution in [0.25, 0.3) is 10.6 Å². The van der Waals surface area contributed by atoms with Crippen LogP contribution >= 0.6 is 11.3 Å². The lowest BCUT2D eigenvalue weighted by Crippen LogP contribution is -2.25. The second-order valence-corrected chi connectivity index (χ2v) is 8.10. The van der Waals surface area contributed by atoms with Gasteiger partial charge in [0.2, 0.25) is 0 Å². The molecule has 5 nitrogen and oxygen atoms in total. The van der Waals surface area contributed by atoms with E-state index >= 15 is 0 Å². The van der Waals surface area contributed by atoms with Crippen molar-refractivity contribution in [1.82, 2.24) is 15.6 Å². The Balaban J connectivity index is 1.38. The zero-order valence-corrected chi connectivity index (χ0v) is 17.0. The molecule has 1 aliphatic rings. The number of alkyl halides is 3. The van der Waals surface area contributed by atoms with Gasteiger partial charge in [-0.05, 0) is 42.7 Å². The van der Waals surface area contributed by atoms with Gasteiger partial charge in [0.05, 0.1) is 5.56 Å². The highest BCUT2D eigenvalue weighted by molar-refractivity contribution is 7.13. The number of hydrogen-bond acceptors (Lipinski definition) is 4. The molecule has 0 spiro atoms. The molecule has 0 unspecified atom stereocenters. The Morgan fingerprint density at radius 1 is 1.06 bits per heavy atom. The van der Waals surface area contributed by atoms with E-state index < -0.39 is 17.6 Å². The van der Waals surface area contributed by atoms with Gasteiger partial charge >= 0.3 is 6.18 Å². The molecule has 3 aromatic rings. The van der Waals surface area contributed by atoms with Crippen molar-refractivity contribution in [2.24, 2.45) is 0 Å². The molecule has 1 fully saturated rings. The molecule has 160 valence electrons. The van der Waals surface area contributed by atoms with Crippen molar-refractivity contribution in [1.29, 1.82) is 0 Å². The Kier molecular flexibility index (Phi) is 5.77. The lowest BCUT2D eigenvalue weighted by molar-refractivity contribution is -0.137. The molecule has 31 heavy (non-hydrogen) atoms. The first-order valence-electron chi connectivity index (χ1n) is 9.61. The zero-order chi connectivity index (χ0) is 22.0. The summed E-state index contributed by atoms with van der Waals surface area (Å²) in [6.45, 7) is -0.0413. The minimum atomic E-state index is -4.43. The highest BCUT2D eigenvalue weighted by Gasteiger charge is 2.30. The fourth-order valence-electron chi connectivity index (χ4n) is 2.90. The highest BCUT2D eigenvalue weighted by atomic mass is 32.1. The summed E-state index contributed by atoms with van der Waals surface area (Å²) in [6, 6.07) is 12.1. The van der Waals surface area contributed by atoms with Gasteiger partial charge in [-0.15, -0.1) is 11.3 Å². The summed E-state index contributed by atoms with van der Waals surface area (Å²) >= 11 is 1.27. The van der Waals surface area contributed by atoms with Crippen molar-refractivity contribution < 1.29 is 22.8 Å². The molecule has 4 rings (SSSR count). The number of hydrogen-bond donors (Lipinski definition) is 2. The van der Waals surface area contributed by atoms with Gasteiger partial charge in [0.1, 0.15) is 10.7 Å². The van der Waals surface area contributed by atoms with Gasteiger partial charge in [-0.3, -0.25) is 9.59 Å². The maximum atomic E-state index is 12.8. The molecule has 2 amide bonds. The molecule has 0 aliphatic heterocycles. The van der Waals surface area contributed by atoms with Crippen molar-refractivity contribution in [3.05, 3.63) is 76.3 Å². The van der Waals surface area contributed by atoms with Gasteiger partial charge in [-0.25, -0.2) is 4.98 Å². The Morgan fingerprint density at radius 2 is 1.81 bits per heavy atom. The van der Waals surface area contributed by atoms with Crippen molar-refractivity contribution in [3.8, 4) is 10.6 Å². The minimum Gasteiger partial charge on any atom is -0.349 e. The van der Waals surface area contributed by atoms with Gasteiger partial charge in [0.25, 0.3) is 11.8 Å². The summed E-state index contributed by atoms with van der Waals surface area (Å²) in [5, 5.41) is 7.71. The quantitative estimate of drug-likeness (QED) is 0.580. The topological polar surface area (TPSA) is 71.1 Å². The first-order chi connectivity index (χ1) is 14.8. The molecule has 0 bridgehead atoms. The summed E-state index contributed by atoms with van der Waals surface area (Å²) in [5.41, 5.74) is 1.10. The van der Waals surface area contributed by atoms with Crippen LogP contribution in [0.1, 0.15) is 44.8 Å². The fraction of sp³-hybridized carbons (Fsp3) is 0.227. The maximum absolute atomic E-state index is 12.8. The van der Waals surface area contributed by atoms with Crippen molar-refractivity contribution in [2.45, 2.75) is 31.6 Å². The van der Waals surface area contributed by atoms with Crippen LogP contribution in [0.2, 0.25) is 0 Å². The normalized spacial score (nSPS) is 13.6. The van der Waals surface area contributed by atoms with E-state index in [1.54, 1.807) is 29.6 Å². The predicted octanol–water partition coefficient (Wildman–Crippen LogP) is 4.65. The number of aromatic nitrogens is 1. The molecule has 9 heteroatoms. The van der Waals surface area contributed by atoms with Crippen LogP contribution in [0.3, 0.4) is 0 Å². The molecule has 1 saturated carbocycles. The van der Waals surface area contributed by atoms with Gasteiger partial charge in [-0.2, -0.15) is 13.2 Å². The lowest BCUT2D eigenvalue weighted by Gasteiger charge is -2.09. The molecular formula is C22H18F3N3O2S. The number of nitrogens with zero attached hydrogens (tertiary/aromatic N) is 1. The number of amides is 2. The average molecular weight is 445 g/mol. The smallest absolute Gasteiger partial charge is 0.349 e. The summed E-state index contributed by atoms with van der Waals surface area (Å²) in [6.07, 6.45) is -2.40. The molecule has 2 aromatic carbocycles. The van der Waals surface area contributed by atoms with Crippen molar-refractivity contribution in [2.75, 3.05) is 0 Å². The van der Waals surface area contributed by atoms with Crippen LogP contribution in [0.15, 0.2) is 53.9 Å². The maximum Gasteiger partial charge on any atom is 0.416 e. The van der Waals surface area contributed by atoms with Crippen LogP contribution in [0.5, 0.6) is 0 Å². The fourth-order valence-corrected chi connectivity index (χ4v) is 3.71. The monoisotopic (exact) mass is 445 g/mol. The summed E-state index contributed by atoms with van der Waals surface area (Å²) in [4.78, 5) is 28.7. The van der Waals surface area contributed by atoms with Gasteiger partial charge in [0.15, 0.2) is 0 Å². The highest BCUT2D eigenvalue weighted by Crippen LogP contribution is 2.29. The van der Waals surface area contributed by atoms with E-state index in [1.165, 1.54) is 23.5 Å². The second kappa shape index (κ2) is 8.50. The van der Waals surface area contributed by atoms with Crippen LogP contribution in [0, 0.1) is 0 Å². The molecular weight excluding hydrogens is 427 g/mol. The van der Waals surface area contributed by atoms with E-state index in [2.05, 4.69) is 15.6 Å². The Morgan fingerprint density at radius 3 is 2.48 bits per heavy atom. The van der Waals surface area contributed by atoms with E-state index in [0.29, 0.717) is 16.1 Å². The molecule has 0 saturated heterocycles. The van der Waals surface area contributed by atoms with Gasteiger partial charge < -0.3 is 10.6 Å². The summed E-state index contributed by atoms with van der Waals surface area (Å²) < 4.78 is 38.4. The molecule has 2 N–H and O–H groups in total. The Labute approximate surface area is 180 Å². The lowest BCUT2D eigenvalue weighted by atomic mass is 10.1. The molecule has 1 aliphatic carbocycles. The minimum absolute atomic E-state index is 0.0413. The molecule has 0 atom stereocenters. The van der Waals surface area contributed by atoms with Crippen molar-refractivity contribution >= 4 is 23.2 Å². The number of carbonyl (C=O) groups is 2. The Hall–Kier alpha value is -3.20. The number of rotatable bonds is 6. The molecule has 0 radical (unpaired) electrons. The van der Waals surface area contributed by atoms with E-state index in [4.69, 9.17) is 0 Å². The third kappa shape index (κ3) is 5.29. The van der Waals surface area contributed by atoms with Crippen LogP contribution in [0.4, 0.5) is 13.2 Å². The largest absolute Gasteiger partial charge is 0.416 e. The average Bonchev–Trinajstić information content (AvgIpc) is 3.43. The van der Waals surface area contributed by atoms with Gasteiger partial charge in [0, 0.05) is 29.1 Å². The van der Waals surface area contributed by atoms with E-state index in [1.807, 2.05) is 0 Å². The van der Waals surface area contributed by atoms with E-state index in [9.17, 15) is 22.8 Å². The third-order valence-corrected chi connectivity index (χ3v) is 5.64. The van der Waals surface area contributed by atoms with Crippen LogP contribution in [-0.4, -0.2) is 22.8 Å². The standard InChI is InChI=1S/C22H18F3N3O2S/c23-22(24,25)16-3-1-2-13(10-16)11-26-20(30)18-12-31-21(28-18)15-6-4-14(5-7-15)19(29)27-17-8-9-17/h1-7,10,12,17H,8-9,11H2,(H,26,30)(H,27,29). The number of benzene rings is 2. The number of halogens is 3. The Bertz CT molecular complexity index is 1110. The first-order valence-corrected chi connectivity index (χ1v) is 10.5. The number of carbonyl (C=O) groups excluding carboxylic acids is 2. The van der Waals surface area contributed by atoms with Crippen LogP contribution in [-0.2, 0) is 12.7 Å².